The van der Waals surface area contributed by atoms with Gasteiger partial charge in [-0.15, -0.1) is 0 Å². The van der Waals surface area contributed by atoms with Gasteiger partial charge in [-0.2, -0.15) is 0 Å². The van der Waals surface area contributed by atoms with E-state index in [1.807, 2.05) is 12.1 Å². The summed E-state index contributed by atoms with van der Waals surface area (Å²) >= 11 is 0. The molecule has 126 valence electrons. The van der Waals surface area contributed by atoms with Gasteiger partial charge in [0.05, 0.1) is 14.2 Å². The van der Waals surface area contributed by atoms with Crippen LogP contribution in [-0.2, 0) is 6.54 Å². The topological polar surface area (TPSA) is 30.5 Å². The van der Waals surface area contributed by atoms with Crippen LogP contribution >= 0.6 is 0 Å². The van der Waals surface area contributed by atoms with Gasteiger partial charge in [-0.05, 0) is 19.0 Å². The van der Waals surface area contributed by atoms with Crippen molar-refractivity contribution in [1.29, 1.82) is 0 Å². The highest BCUT2D eigenvalue weighted by atomic mass is 16.5. The lowest BCUT2D eigenvalue weighted by molar-refractivity contribution is 0.389. The lowest BCUT2D eigenvalue weighted by atomic mass is 10.1. The molecule has 3 nitrogen and oxygen atoms in total. The third-order valence-corrected chi connectivity index (χ3v) is 4.02. The van der Waals surface area contributed by atoms with Crippen LogP contribution < -0.4 is 14.8 Å². The van der Waals surface area contributed by atoms with E-state index < -0.39 is 0 Å². The quantitative estimate of drug-likeness (QED) is 0.524. The molecule has 0 aliphatic heterocycles. The number of unbranched alkanes of at least 4 members (excludes halogenated alkanes) is 7. The Morgan fingerprint density at radius 1 is 0.864 bits per heavy atom. The van der Waals surface area contributed by atoms with Gasteiger partial charge in [-0.3, -0.25) is 0 Å². The minimum atomic E-state index is 0.837. The molecule has 1 rings (SSSR count). The molecule has 0 radical (unpaired) electrons. The van der Waals surface area contributed by atoms with E-state index in [-0.39, 0.29) is 0 Å². The molecule has 0 aliphatic carbocycles. The second-order valence-electron chi connectivity index (χ2n) is 5.83. The SMILES string of the molecule is CCCCCCCCCCNCc1ccc(OC)cc1OC. The highest BCUT2D eigenvalue weighted by Crippen LogP contribution is 2.24. The van der Waals surface area contributed by atoms with Crippen molar-refractivity contribution >= 4 is 0 Å². The molecule has 1 aromatic rings. The standard InChI is InChI=1S/C19H33NO2/c1-4-5-6-7-8-9-10-11-14-20-16-17-12-13-18(21-2)15-19(17)22-3/h12-13,15,20H,4-11,14,16H2,1-3H3. The zero-order chi connectivity index (χ0) is 16.0. The maximum atomic E-state index is 5.41. The van der Waals surface area contributed by atoms with Crippen LogP contribution in [0.4, 0.5) is 0 Å². The first kappa shape index (κ1) is 18.8. The van der Waals surface area contributed by atoms with Gasteiger partial charge in [0.2, 0.25) is 0 Å². The summed E-state index contributed by atoms with van der Waals surface area (Å²) in [6.45, 7) is 4.19. The Labute approximate surface area is 136 Å². The van der Waals surface area contributed by atoms with Crippen molar-refractivity contribution in [2.24, 2.45) is 0 Å². The molecule has 22 heavy (non-hydrogen) atoms. The van der Waals surface area contributed by atoms with E-state index in [9.17, 15) is 0 Å². The molecule has 0 amide bonds. The van der Waals surface area contributed by atoms with Crippen molar-refractivity contribution < 1.29 is 9.47 Å². The summed E-state index contributed by atoms with van der Waals surface area (Å²) in [5.41, 5.74) is 1.18. The van der Waals surface area contributed by atoms with E-state index in [1.165, 1.54) is 56.9 Å². The summed E-state index contributed by atoms with van der Waals surface area (Å²) in [7, 11) is 3.38. The molecular weight excluding hydrogens is 274 g/mol. The number of ether oxygens (including phenoxy) is 2. The van der Waals surface area contributed by atoms with Gasteiger partial charge in [-0.1, -0.05) is 57.9 Å². The fourth-order valence-corrected chi connectivity index (χ4v) is 2.60. The fraction of sp³-hybridized carbons (Fsp3) is 0.684. The molecule has 0 unspecified atom stereocenters. The van der Waals surface area contributed by atoms with Gasteiger partial charge in [0.1, 0.15) is 11.5 Å². The van der Waals surface area contributed by atoms with E-state index in [0.29, 0.717) is 0 Å². The third kappa shape index (κ3) is 7.69. The normalized spacial score (nSPS) is 10.7. The minimum Gasteiger partial charge on any atom is -0.497 e. The second-order valence-corrected chi connectivity index (χ2v) is 5.83. The van der Waals surface area contributed by atoms with Crippen LogP contribution in [-0.4, -0.2) is 20.8 Å². The molecular formula is C19H33NO2. The van der Waals surface area contributed by atoms with Crippen molar-refractivity contribution in [2.75, 3.05) is 20.8 Å². The molecule has 0 fully saturated rings. The molecule has 0 bridgehead atoms. The Balaban J connectivity index is 2.09. The summed E-state index contributed by atoms with van der Waals surface area (Å²) in [5, 5.41) is 3.50. The number of nitrogens with one attached hydrogen (secondary N) is 1. The molecule has 0 saturated heterocycles. The van der Waals surface area contributed by atoms with Gasteiger partial charge in [0.15, 0.2) is 0 Å². The Hall–Kier alpha value is -1.22. The van der Waals surface area contributed by atoms with Crippen molar-refractivity contribution in [3.63, 3.8) is 0 Å². The monoisotopic (exact) mass is 307 g/mol. The Morgan fingerprint density at radius 3 is 2.18 bits per heavy atom. The van der Waals surface area contributed by atoms with E-state index in [4.69, 9.17) is 9.47 Å². The van der Waals surface area contributed by atoms with E-state index >= 15 is 0 Å². The second kappa shape index (κ2) is 12.3. The van der Waals surface area contributed by atoms with Gasteiger partial charge in [-0.25, -0.2) is 0 Å². The summed E-state index contributed by atoms with van der Waals surface area (Å²) in [6, 6.07) is 5.99. The van der Waals surface area contributed by atoms with Crippen LogP contribution in [0.5, 0.6) is 11.5 Å². The molecule has 0 saturated carbocycles. The Bertz CT molecular complexity index is 393. The van der Waals surface area contributed by atoms with Crippen LogP contribution in [0.2, 0.25) is 0 Å². The summed E-state index contributed by atoms with van der Waals surface area (Å²) in [4.78, 5) is 0. The van der Waals surface area contributed by atoms with Crippen LogP contribution in [0.15, 0.2) is 18.2 Å². The number of rotatable bonds is 13. The highest BCUT2D eigenvalue weighted by Gasteiger charge is 2.04. The van der Waals surface area contributed by atoms with Crippen molar-refractivity contribution in [2.45, 2.75) is 64.8 Å². The summed E-state index contributed by atoms with van der Waals surface area (Å²) < 4.78 is 10.6. The van der Waals surface area contributed by atoms with Crippen LogP contribution in [0.25, 0.3) is 0 Å². The lowest BCUT2D eigenvalue weighted by Crippen LogP contribution is -2.15. The zero-order valence-corrected chi connectivity index (χ0v) is 14.6. The predicted molar refractivity (Wildman–Crippen MR) is 93.9 cm³/mol. The molecule has 1 N–H and O–H groups in total. The first-order valence-corrected chi connectivity index (χ1v) is 8.73. The number of methoxy groups -OCH3 is 2. The average molecular weight is 307 g/mol. The predicted octanol–water partition coefficient (Wildman–Crippen LogP) is 4.93. The zero-order valence-electron chi connectivity index (χ0n) is 14.6. The first-order valence-electron chi connectivity index (χ1n) is 8.73. The molecule has 0 aromatic heterocycles. The van der Waals surface area contributed by atoms with Crippen LogP contribution in [0, 0.1) is 0 Å². The van der Waals surface area contributed by atoms with E-state index in [2.05, 4.69) is 18.3 Å². The number of hydrogen-bond acceptors (Lipinski definition) is 3. The maximum absolute atomic E-state index is 5.41. The number of hydrogen-bond donors (Lipinski definition) is 1. The molecule has 0 spiro atoms. The third-order valence-electron chi connectivity index (χ3n) is 4.02. The maximum Gasteiger partial charge on any atom is 0.127 e. The van der Waals surface area contributed by atoms with Crippen LogP contribution in [0.1, 0.15) is 63.9 Å². The number of benzene rings is 1. The fourth-order valence-electron chi connectivity index (χ4n) is 2.60. The lowest BCUT2D eigenvalue weighted by Gasteiger charge is -2.11. The Kier molecular flexibility index (Phi) is 10.6. The molecule has 0 aliphatic rings. The Morgan fingerprint density at radius 2 is 1.55 bits per heavy atom. The average Bonchev–Trinajstić information content (AvgIpc) is 2.56. The molecule has 1 aromatic carbocycles. The van der Waals surface area contributed by atoms with Crippen molar-refractivity contribution in [1.82, 2.24) is 5.32 Å². The summed E-state index contributed by atoms with van der Waals surface area (Å²) in [6.07, 6.45) is 10.9. The van der Waals surface area contributed by atoms with Gasteiger partial charge >= 0.3 is 0 Å². The van der Waals surface area contributed by atoms with Crippen molar-refractivity contribution in [3.8, 4) is 11.5 Å². The van der Waals surface area contributed by atoms with Crippen molar-refractivity contribution in [3.05, 3.63) is 23.8 Å². The van der Waals surface area contributed by atoms with Crippen LogP contribution in [0.3, 0.4) is 0 Å². The minimum absolute atomic E-state index is 0.837. The molecule has 0 heterocycles. The van der Waals surface area contributed by atoms with Gasteiger partial charge < -0.3 is 14.8 Å². The summed E-state index contributed by atoms with van der Waals surface area (Å²) in [5.74, 6) is 1.73. The van der Waals surface area contributed by atoms with E-state index in [1.54, 1.807) is 14.2 Å². The van der Waals surface area contributed by atoms with Gasteiger partial charge in [0.25, 0.3) is 0 Å². The van der Waals surface area contributed by atoms with Gasteiger partial charge in [0, 0.05) is 18.2 Å². The smallest absolute Gasteiger partial charge is 0.127 e. The highest BCUT2D eigenvalue weighted by molar-refractivity contribution is 5.40. The van der Waals surface area contributed by atoms with E-state index in [0.717, 1.165) is 24.6 Å². The molecule has 3 heteroatoms. The molecule has 0 atom stereocenters. The largest absolute Gasteiger partial charge is 0.497 e. The first-order chi connectivity index (χ1) is 10.8.